The Morgan fingerprint density at radius 1 is 1.26 bits per heavy atom. The third-order valence-electron chi connectivity index (χ3n) is 4.63. The maximum Gasteiger partial charge on any atom is 0.293 e. The summed E-state index contributed by atoms with van der Waals surface area (Å²) in [6, 6.07) is 13.1. The van der Waals surface area contributed by atoms with Gasteiger partial charge < -0.3 is 14.8 Å². The van der Waals surface area contributed by atoms with Crippen molar-refractivity contribution < 1.29 is 14.4 Å². The zero-order valence-electron chi connectivity index (χ0n) is 15.1. The maximum atomic E-state index is 11.4. The second-order valence-electron chi connectivity index (χ2n) is 6.24. The van der Waals surface area contributed by atoms with Crippen molar-refractivity contribution in [2.24, 2.45) is 0 Å². The number of hydrogen-bond acceptors (Lipinski definition) is 6. The number of hydrogen-bond donors (Lipinski definition) is 1. The van der Waals surface area contributed by atoms with E-state index in [4.69, 9.17) is 9.47 Å². The molecular formula is C19H22BrN3O4. The van der Waals surface area contributed by atoms with E-state index in [1.54, 1.807) is 19.2 Å². The smallest absolute Gasteiger partial charge is 0.293 e. The van der Waals surface area contributed by atoms with Crippen LogP contribution < -0.4 is 10.1 Å². The van der Waals surface area contributed by atoms with Crippen molar-refractivity contribution >= 4 is 27.3 Å². The second kappa shape index (κ2) is 9.16. The summed E-state index contributed by atoms with van der Waals surface area (Å²) >= 11 is 3.29. The topological polar surface area (TPSA) is 76.9 Å². The van der Waals surface area contributed by atoms with E-state index in [1.807, 2.05) is 24.3 Å². The molecule has 1 aliphatic heterocycles. The summed E-state index contributed by atoms with van der Waals surface area (Å²) in [7, 11) is 1.64. The SMILES string of the molecule is COc1ccc(C(CNc2ccc(Br)cc2[N+](=O)[O-])N2CCOCC2)cc1. The van der Waals surface area contributed by atoms with Gasteiger partial charge in [-0.25, -0.2) is 0 Å². The molecule has 0 aliphatic carbocycles. The average Bonchev–Trinajstić information content (AvgIpc) is 2.70. The monoisotopic (exact) mass is 435 g/mol. The van der Waals surface area contributed by atoms with Crippen LogP contribution in [0.4, 0.5) is 11.4 Å². The van der Waals surface area contributed by atoms with Crippen molar-refractivity contribution in [2.45, 2.75) is 6.04 Å². The highest BCUT2D eigenvalue weighted by atomic mass is 79.9. The molecule has 0 aromatic heterocycles. The summed E-state index contributed by atoms with van der Waals surface area (Å²) in [6.07, 6.45) is 0. The van der Waals surface area contributed by atoms with E-state index in [0.29, 0.717) is 29.9 Å². The number of nitrogens with one attached hydrogen (secondary N) is 1. The summed E-state index contributed by atoms with van der Waals surface area (Å²) < 4.78 is 11.4. The highest BCUT2D eigenvalue weighted by Gasteiger charge is 2.24. The minimum absolute atomic E-state index is 0.0554. The lowest BCUT2D eigenvalue weighted by Gasteiger charge is -2.35. The van der Waals surface area contributed by atoms with E-state index < -0.39 is 0 Å². The Morgan fingerprint density at radius 2 is 1.96 bits per heavy atom. The van der Waals surface area contributed by atoms with Crippen LogP contribution in [0.15, 0.2) is 46.9 Å². The molecule has 1 N–H and O–H groups in total. The van der Waals surface area contributed by atoms with Gasteiger partial charge in [0.25, 0.3) is 5.69 Å². The third kappa shape index (κ3) is 4.97. The molecule has 0 radical (unpaired) electrons. The van der Waals surface area contributed by atoms with Gasteiger partial charge in [0.05, 0.1) is 31.3 Å². The van der Waals surface area contributed by atoms with E-state index in [9.17, 15) is 10.1 Å². The first-order valence-electron chi connectivity index (χ1n) is 8.72. The molecule has 0 bridgehead atoms. The number of benzene rings is 2. The van der Waals surface area contributed by atoms with Crippen LogP contribution >= 0.6 is 15.9 Å². The van der Waals surface area contributed by atoms with Crippen molar-refractivity contribution in [2.75, 3.05) is 45.3 Å². The van der Waals surface area contributed by atoms with Gasteiger partial charge in [-0.2, -0.15) is 0 Å². The molecule has 1 fully saturated rings. The Morgan fingerprint density at radius 3 is 2.59 bits per heavy atom. The Bertz CT molecular complexity index is 779. The number of ether oxygens (including phenoxy) is 2. The van der Waals surface area contributed by atoms with Crippen LogP contribution in [-0.2, 0) is 4.74 Å². The van der Waals surface area contributed by atoms with Crippen LogP contribution in [0, 0.1) is 10.1 Å². The summed E-state index contributed by atoms with van der Waals surface area (Å²) in [5, 5.41) is 14.6. The first-order valence-corrected chi connectivity index (χ1v) is 9.51. The van der Waals surface area contributed by atoms with Crippen LogP contribution in [0.2, 0.25) is 0 Å². The molecule has 1 aliphatic rings. The fraction of sp³-hybridized carbons (Fsp3) is 0.368. The maximum absolute atomic E-state index is 11.4. The standard InChI is InChI=1S/C19H22BrN3O4/c1-26-16-5-2-14(3-6-16)19(22-8-10-27-11-9-22)13-21-17-7-4-15(20)12-18(17)23(24)25/h2-7,12,19,21H,8-11,13H2,1H3. The highest BCUT2D eigenvalue weighted by Crippen LogP contribution is 2.30. The van der Waals surface area contributed by atoms with Crippen LogP contribution in [0.1, 0.15) is 11.6 Å². The Kier molecular flexibility index (Phi) is 6.65. The number of nitrogens with zero attached hydrogens (tertiary/aromatic N) is 2. The van der Waals surface area contributed by atoms with Gasteiger partial charge in [-0.15, -0.1) is 0 Å². The number of anilines is 1. The molecule has 3 rings (SSSR count). The van der Waals surface area contributed by atoms with Crippen LogP contribution in [0.25, 0.3) is 0 Å². The number of rotatable bonds is 7. The van der Waals surface area contributed by atoms with Crippen molar-refractivity contribution in [1.29, 1.82) is 0 Å². The molecule has 0 spiro atoms. The second-order valence-corrected chi connectivity index (χ2v) is 7.15. The van der Waals surface area contributed by atoms with Crippen molar-refractivity contribution in [3.63, 3.8) is 0 Å². The van der Waals surface area contributed by atoms with Crippen molar-refractivity contribution in [3.8, 4) is 5.75 Å². The molecule has 1 atom stereocenters. The number of nitro groups is 1. The van der Waals surface area contributed by atoms with Gasteiger partial charge in [0.1, 0.15) is 11.4 Å². The first-order chi connectivity index (χ1) is 13.1. The van der Waals surface area contributed by atoms with Crippen molar-refractivity contribution in [3.05, 3.63) is 62.6 Å². The molecule has 0 saturated carbocycles. The molecule has 2 aromatic rings. The lowest BCUT2D eigenvalue weighted by molar-refractivity contribution is -0.384. The zero-order valence-corrected chi connectivity index (χ0v) is 16.6. The molecule has 7 nitrogen and oxygen atoms in total. The predicted molar refractivity (Wildman–Crippen MR) is 107 cm³/mol. The minimum atomic E-state index is -0.371. The fourth-order valence-electron chi connectivity index (χ4n) is 3.18. The van der Waals surface area contributed by atoms with E-state index in [-0.39, 0.29) is 16.7 Å². The lowest BCUT2D eigenvalue weighted by atomic mass is 10.0. The van der Waals surface area contributed by atoms with E-state index in [0.717, 1.165) is 24.4 Å². The van der Waals surface area contributed by atoms with Crippen LogP contribution in [-0.4, -0.2) is 49.8 Å². The molecule has 144 valence electrons. The number of methoxy groups -OCH3 is 1. The summed E-state index contributed by atoms with van der Waals surface area (Å²) in [6.45, 7) is 3.56. The van der Waals surface area contributed by atoms with Gasteiger partial charge >= 0.3 is 0 Å². The fourth-order valence-corrected chi connectivity index (χ4v) is 3.53. The summed E-state index contributed by atoms with van der Waals surface area (Å²) in [5.41, 5.74) is 1.69. The third-order valence-corrected chi connectivity index (χ3v) is 5.12. The Labute approximate surface area is 166 Å². The normalized spacial score (nSPS) is 15.9. The summed E-state index contributed by atoms with van der Waals surface area (Å²) in [5.74, 6) is 0.802. The lowest BCUT2D eigenvalue weighted by Crippen LogP contribution is -2.41. The van der Waals surface area contributed by atoms with Gasteiger partial charge in [0.15, 0.2) is 0 Å². The Hall–Kier alpha value is -2.16. The number of nitro benzene ring substituents is 1. The quantitative estimate of drug-likeness (QED) is 0.525. The van der Waals surface area contributed by atoms with Gasteiger partial charge in [-0.05, 0) is 29.8 Å². The average molecular weight is 436 g/mol. The van der Waals surface area contributed by atoms with Crippen LogP contribution in [0.3, 0.4) is 0 Å². The van der Waals surface area contributed by atoms with Crippen LogP contribution in [0.5, 0.6) is 5.75 Å². The molecule has 1 saturated heterocycles. The molecule has 27 heavy (non-hydrogen) atoms. The largest absolute Gasteiger partial charge is 0.497 e. The first kappa shape index (κ1) is 19.6. The van der Waals surface area contributed by atoms with Crippen molar-refractivity contribution in [1.82, 2.24) is 4.90 Å². The minimum Gasteiger partial charge on any atom is -0.497 e. The van der Waals surface area contributed by atoms with Gasteiger partial charge in [0.2, 0.25) is 0 Å². The summed E-state index contributed by atoms with van der Waals surface area (Å²) in [4.78, 5) is 13.3. The highest BCUT2D eigenvalue weighted by molar-refractivity contribution is 9.10. The molecule has 8 heteroatoms. The molecule has 0 amide bonds. The molecular weight excluding hydrogens is 414 g/mol. The van der Waals surface area contributed by atoms with E-state index >= 15 is 0 Å². The van der Waals surface area contributed by atoms with Gasteiger partial charge in [-0.3, -0.25) is 15.0 Å². The molecule has 1 unspecified atom stereocenters. The zero-order chi connectivity index (χ0) is 19.2. The Balaban J connectivity index is 1.82. The van der Waals surface area contributed by atoms with E-state index in [1.165, 1.54) is 6.07 Å². The van der Waals surface area contributed by atoms with Gasteiger partial charge in [-0.1, -0.05) is 28.1 Å². The number of morpholine rings is 1. The van der Waals surface area contributed by atoms with Gasteiger partial charge in [0, 0.05) is 30.2 Å². The molecule has 2 aromatic carbocycles. The molecule has 1 heterocycles. The number of halogens is 1. The van der Waals surface area contributed by atoms with E-state index in [2.05, 4.69) is 26.1 Å². The predicted octanol–water partition coefficient (Wildman–Crippen LogP) is 3.85.